The maximum Gasteiger partial charge on any atom is 0.138 e. The van der Waals surface area contributed by atoms with Gasteiger partial charge in [-0.2, -0.15) is 0 Å². The standard InChI is InChI=1S/C16H28N4/c1-6-10-17-13-11(2)14(18-12-8-7-9-12)20-15(19-13)16(3,4)5/h12H,6-10H2,1-5H3,(H2,17,18,19,20). The Balaban J connectivity index is 2.31. The summed E-state index contributed by atoms with van der Waals surface area (Å²) in [5.74, 6) is 2.89. The summed E-state index contributed by atoms with van der Waals surface area (Å²) in [6, 6.07) is 0.593. The second-order valence-corrected chi connectivity index (χ2v) is 6.82. The number of nitrogens with one attached hydrogen (secondary N) is 2. The van der Waals surface area contributed by atoms with Crippen LogP contribution in [0.5, 0.6) is 0 Å². The number of hydrogen-bond acceptors (Lipinski definition) is 4. The van der Waals surface area contributed by atoms with Crippen molar-refractivity contribution in [2.24, 2.45) is 0 Å². The average Bonchev–Trinajstić information content (AvgIpc) is 2.32. The molecule has 20 heavy (non-hydrogen) atoms. The van der Waals surface area contributed by atoms with E-state index >= 15 is 0 Å². The Bertz CT molecular complexity index is 458. The van der Waals surface area contributed by atoms with Gasteiger partial charge in [0.05, 0.1) is 0 Å². The van der Waals surface area contributed by atoms with Crippen LogP contribution in [0.1, 0.15) is 64.8 Å². The van der Waals surface area contributed by atoms with Crippen molar-refractivity contribution in [3.8, 4) is 0 Å². The summed E-state index contributed by atoms with van der Waals surface area (Å²) in [5, 5.41) is 7.02. The predicted octanol–water partition coefficient (Wildman–Crippen LogP) is 3.87. The second-order valence-electron chi connectivity index (χ2n) is 6.82. The first kappa shape index (κ1) is 15.1. The molecule has 0 aliphatic heterocycles. The smallest absolute Gasteiger partial charge is 0.138 e. The van der Waals surface area contributed by atoms with Crippen LogP contribution in [0, 0.1) is 6.92 Å². The minimum Gasteiger partial charge on any atom is -0.370 e. The molecule has 0 amide bonds. The molecule has 1 aromatic heterocycles. The molecular weight excluding hydrogens is 248 g/mol. The topological polar surface area (TPSA) is 49.8 Å². The van der Waals surface area contributed by atoms with Crippen LogP contribution in [0.3, 0.4) is 0 Å². The molecule has 1 aliphatic rings. The van der Waals surface area contributed by atoms with E-state index in [-0.39, 0.29) is 5.41 Å². The molecule has 1 fully saturated rings. The third kappa shape index (κ3) is 3.41. The van der Waals surface area contributed by atoms with Gasteiger partial charge in [0.1, 0.15) is 17.5 Å². The van der Waals surface area contributed by atoms with E-state index in [1.807, 2.05) is 0 Å². The van der Waals surface area contributed by atoms with Crippen LogP contribution < -0.4 is 10.6 Å². The zero-order valence-electron chi connectivity index (χ0n) is 13.5. The van der Waals surface area contributed by atoms with Crippen molar-refractivity contribution < 1.29 is 0 Å². The lowest BCUT2D eigenvalue weighted by Crippen LogP contribution is -2.29. The quantitative estimate of drug-likeness (QED) is 0.857. The molecule has 0 radical (unpaired) electrons. The third-order valence-corrected chi connectivity index (χ3v) is 3.81. The molecule has 4 nitrogen and oxygen atoms in total. The highest BCUT2D eigenvalue weighted by Gasteiger charge is 2.23. The number of hydrogen-bond donors (Lipinski definition) is 2. The van der Waals surface area contributed by atoms with Crippen LogP contribution >= 0.6 is 0 Å². The first-order chi connectivity index (χ1) is 9.41. The Kier molecular flexibility index (Phi) is 4.51. The molecule has 0 atom stereocenters. The fourth-order valence-corrected chi connectivity index (χ4v) is 2.15. The van der Waals surface area contributed by atoms with Gasteiger partial charge in [-0.3, -0.25) is 0 Å². The van der Waals surface area contributed by atoms with Crippen LogP contribution in [0.2, 0.25) is 0 Å². The van der Waals surface area contributed by atoms with Crippen molar-refractivity contribution in [3.63, 3.8) is 0 Å². The molecule has 2 rings (SSSR count). The van der Waals surface area contributed by atoms with Gasteiger partial charge in [0, 0.05) is 23.6 Å². The zero-order valence-corrected chi connectivity index (χ0v) is 13.5. The molecule has 0 saturated heterocycles. The molecular formula is C16H28N4. The van der Waals surface area contributed by atoms with Gasteiger partial charge in [0.15, 0.2) is 0 Å². The highest BCUT2D eigenvalue weighted by atomic mass is 15.1. The van der Waals surface area contributed by atoms with Crippen LogP contribution in [0.25, 0.3) is 0 Å². The zero-order chi connectivity index (χ0) is 14.8. The van der Waals surface area contributed by atoms with Gasteiger partial charge in [-0.25, -0.2) is 9.97 Å². The van der Waals surface area contributed by atoms with E-state index in [1.54, 1.807) is 0 Å². The summed E-state index contributed by atoms with van der Waals surface area (Å²) in [6.45, 7) is 11.7. The van der Waals surface area contributed by atoms with Gasteiger partial charge < -0.3 is 10.6 Å². The van der Waals surface area contributed by atoms with Crippen LogP contribution in [0.15, 0.2) is 0 Å². The minimum absolute atomic E-state index is 0.0353. The first-order valence-electron chi connectivity index (χ1n) is 7.81. The molecule has 0 unspecified atom stereocenters. The Labute approximate surface area is 122 Å². The van der Waals surface area contributed by atoms with E-state index in [1.165, 1.54) is 19.3 Å². The van der Waals surface area contributed by atoms with E-state index in [4.69, 9.17) is 9.97 Å². The second kappa shape index (κ2) is 5.98. The van der Waals surface area contributed by atoms with E-state index in [0.717, 1.165) is 36.0 Å². The number of aromatic nitrogens is 2. The summed E-state index contributed by atoms with van der Waals surface area (Å²) in [4.78, 5) is 9.50. The van der Waals surface area contributed by atoms with Crippen LogP contribution in [-0.4, -0.2) is 22.6 Å². The van der Waals surface area contributed by atoms with Gasteiger partial charge in [0.2, 0.25) is 0 Å². The summed E-state index contributed by atoms with van der Waals surface area (Å²) in [6.07, 6.45) is 4.94. The van der Waals surface area contributed by atoms with E-state index in [0.29, 0.717) is 6.04 Å². The monoisotopic (exact) mass is 276 g/mol. The van der Waals surface area contributed by atoms with Gasteiger partial charge in [-0.15, -0.1) is 0 Å². The van der Waals surface area contributed by atoms with Crippen molar-refractivity contribution in [2.75, 3.05) is 17.2 Å². The summed E-state index contributed by atoms with van der Waals surface area (Å²) >= 11 is 0. The molecule has 0 spiro atoms. The summed E-state index contributed by atoms with van der Waals surface area (Å²) < 4.78 is 0. The molecule has 4 heteroatoms. The highest BCUT2D eigenvalue weighted by Crippen LogP contribution is 2.29. The van der Waals surface area contributed by atoms with Crippen molar-refractivity contribution in [2.45, 2.75) is 71.8 Å². The molecule has 1 aromatic rings. The molecule has 0 aromatic carbocycles. The molecule has 0 bridgehead atoms. The van der Waals surface area contributed by atoms with E-state index in [2.05, 4.69) is 45.3 Å². The van der Waals surface area contributed by atoms with E-state index in [9.17, 15) is 0 Å². The van der Waals surface area contributed by atoms with Gasteiger partial charge in [-0.1, -0.05) is 27.7 Å². The van der Waals surface area contributed by atoms with Gasteiger partial charge in [-0.05, 0) is 32.6 Å². The Hall–Kier alpha value is -1.32. The lowest BCUT2D eigenvalue weighted by molar-refractivity contribution is 0.443. The molecule has 1 aliphatic carbocycles. The molecule has 112 valence electrons. The SMILES string of the molecule is CCCNc1nc(C(C)(C)C)nc(NC2CCC2)c1C. The lowest BCUT2D eigenvalue weighted by atomic mass is 9.93. The normalized spacial score (nSPS) is 15.8. The largest absolute Gasteiger partial charge is 0.370 e. The van der Waals surface area contributed by atoms with Gasteiger partial charge >= 0.3 is 0 Å². The third-order valence-electron chi connectivity index (χ3n) is 3.81. The Morgan fingerprint density at radius 2 is 1.80 bits per heavy atom. The first-order valence-corrected chi connectivity index (χ1v) is 7.81. The highest BCUT2D eigenvalue weighted by molar-refractivity contribution is 5.58. The number of rotatable bonds is 5. The summed E-state index contributed by atoms with van der Waals surface area (Å²) in [5.41, 5.74) is 1.10. The number of nitrogens with zero attached hydrogens (tertiary/aromatic N) is 2. The van der Waals surface area contributed by atoms with Crippen molar-refractivity contribution >= 4 is 11.6 Å². The van der Waals surface area contributed by atoms with Crippen molar-refractivity contribution in [1.82, 2.24) is 9.97 Å². The minimum atomic E-state index is -0.0353. The van der Waals surface area contributed by atoms with Crippen LogP contribution in [0.4, 0.5) is 11.6 Å². The Morgan fingerprint density at radius 1 is 1.15 bits per heavy atom. The van der Waals surface area contributed by atoms with Crippen LogP contribution in [-0.2, 0) is 5.41 Å². The average molecular weight is 276 g/mol. The maximum atomic E-state index is 4.77. The fourth-order valence-electron chi connectivity index (χ4n) is 2.15. The summed E-state index contributed by atoms with van der Waals surface area (Å²) in [7, 11) is 0. The molecule has 1 heterocycles. The fraction of sp³-hybridized carbons (Fsp3) is 0.750. The van der Waals surface area contributed by atoms with Crippen molar-refractivity contribution in [3.05, 3.63) is 11.4 Å². The molecule has 1 saturated carbocycles. The Morgan fingerprint density at radius 3 is 2.30 bits per heavy atom. The maximum absolute atomic E-state index is 4.77. The van der Waals surface area contributed by atoms with Gasteiger partial charge in [0.25, 0.3) is 0 Å². The number of anilines is 2. The van der Waals surface area contributed by atoms with E-state index < -0.39 is 0 Å². The van der Waals surface area contributed by atoms with Crippen molar-refractivity contribution in [1.29, 1.82) is 0 Å². The predicted molar refractivity (Wildman–Crippen MR) is 85.5 cm³/mol. The molecule has 2 N–H and O–H groups in total. The lowest BCUT2D eigenvalue weighted by Gasteiger charge is -2.29.